The van der Waals surface area contributed by atoms with Gasteiger partial charge < -0.3 is 4.90 Å². The van der Waals surface area contributed by atoms with Gasteiger partial charge in [0.1, 0.15) is 4.90 Å². The topological polar surface area (TPSA) is 78.4 Å². The number of sulfonamides is 1. The van der Waals surface area contributed by atoms with Crippen molar-refractivity contribution in [1.82, 2.24) is 19.6 Å². The quantitative estimate of drug-likeness (QED) is 0.680. The van der Waals surface area contributed by atoms with Crippen molar-refractivity contribution in [3.05, 3.63) is 46.7 Å². The summed E-state index contributed by atoms with van der Waals surface area (Å²) in [5.41, 5.74) is 0. The Labute approximate surface area is 169 Å². The van der Waals surface area contributed by atoms with E-state index in [1.165, 1.54) is 6.07 Å². The largest absolute Gasteiger partial charge is 0.338 e. The summed E-state index contributed by atoms with van der Waals surface area (Å²) in [6.07, 6.45) is 4.19. The summed E-state index contributed by atoms with van der Waals surface area (Å²) < 4.78 is 27.3. The standard InChI is InChI=1S/C17H21Cl2N5O2S/c18-14-4-1-5-15(16(14)19)27(25,26)22-8-3-9-23-10-12-24(13-11-23)17-20-6-2-7-21-17/h1-2,4-7,22H,3,8-13H2. The zero-order valence-electron chi connectivity index (χ0n) is 14.7. The van der Waals surface area contributed by atoms with Gasteiger partial charge in [-0.05, 0) is 31.2 Å². The van der Waals surface area contributed by atoms with Gasteiger partial charge in [-0.15, -0.1) is 0 Å². The lowest BCUT2D eigenvalue weighted by Crippen LogP contribution is -2.47. The molecule has 10 heteroatoms. The van der Waals surface area contributed by atoms with Crippen LogP contribution in [0.15, 0.2) is 41.6 Å². The fourth-order valence-corrected chi connectivity index (χ4v) is 4.74. The van der Waals surface area contributed by atoms with E-state index in [0.29, 0.717) is 13.0 Å². The average Bonchev–Trinajstić information content (AvgIpc) is 2.68. The van der Waals surface area contributed by atoms with Crippen LogP contribution in [-0.4, -0.2) is 62.6 Å². The lowest BCUT2D eigenvalue weighted by molar-refractivity contribution is 0.254. The Bertz CT molecular complexity index is 859. The molecule has 146 valence electrons. The number of nitrogens with one attached hydrogen (secondary N) is 1. The monoisotopic (exact) mass is 429 g/mol. The first-order valence-corrected chi connectivity index (χ1v) is 10.9. The summed E-state index contributed by atoms with van der Waals surface area (Å²) in [7, 11) is -3.67. The highest BCUT2D eigenvalue weighted by Crippen LogP contribution is 2.28. The van der Waals surface area contributed by atoms with E-state index in [1.807, 2.05) is 0 Å². The molecule has 1 saturated heterocycles. The molecule has 1 aliphatic heterocycles. The van der Waals surface area contributed by atoms with Crippen molar-refractivity contribution in [1.29, 1.82) is 0 Å². The molecule has 1 aromatic heterocycles. The van der Waals surface area contributed by atoms with Crippen molar-refractivity contribution in [2.45, 2.75) is 11.3 Å². The Morgan fingerprint density at radius 3 is 2.44 bits per heavy atom. The van der Waals surface area contributed by atoms with E-state index in [9.17, 15) is 8.42 Å². The van der Waals surface area contributed by atoms with Gasteiger partial charge >= 0.3 is 0 Å². The predicted octanol–water partition coefficient (Wildman–Crippen LogP) is 2.27. The van der Waals surface area contributed by atoms with Gasteiger partial charge in [0.05, 0.1) is 10.0 Å². The SMILES string of the molecule is O=S(=O)(NCCCN1CCN(c2ncccn2)CC1)c1cccc(Cl)c1Cl. The van der Waals surface area contributed by atoms with Crippen LogP contribution >= 0.6 is 23.2 Å². The molecule has 3 rings (SSSR count). The summed E-state index contributed by atoms with van der Waals surface area (Å²) in [5, 5.41) is 0.269. The highest BCUT2D eigenvalue weighted by molar-refractivity contribution is 7.89. The smallest absolute Gasteiger partial charge is 0.242 e. The van der Waals surface area contributed by atoms with Gasteiger partial charge in [0.25, 0.3) is 0 Å². The number of hydrogen-bond donors (Lipinski definition) is 1. The normalized spacial score (nSPS) is 15.9. The molecule has 0 atom stereocenters. The van der Waals surface area contributed by atoms with Crippen molar-refractivity contribution in [3.63, 3.8) is 0 Å². The van der Waals surface area contributed by atoms with E-state index in [0.717, 1.165) is 38.7 Å². The zero-order valence-corrected chi connectivity index (χ0v) is 17.0. The molecule has 0 amide bonds. The molecule has 7 nitrogen and oxygen atoms in total. The van der Waals surface area contributed by atoms with Crippen molar-refractivity contribution in [2.24, 2.45) is 0 Å². The molecular formula is C17H21Cl2N5O2S. The first kappa shape index (κ1) is 20.3. The molecule has 1 aromatic carbocycles. The second kappa shape index (κ2) is 9.16. The number of anilines is 1. The second-order valence-corrected chi connectivity index (χ2v) is 8.70. The number of hydrogen-bond acceptors (Lipinski definition) is 6. The van der Waals surface area contributed by atoms with Crippen molar-refractivity contribution >= 4 is 39.2 Å². The third kappa shape index (κ3) is 5.30. The van der Waals surface area contributed by atoms with E-state index >= 15 is 0 Å². The molecule has 2 aromatic rings. The van der Waals surface area contributed by atoms with Gasteiger partial charge in [0.2, 0.25) is 16.0 Å². The first-order valence-electron chi connectivity index (χ1n) is 8.65. The fraction of sp³-hybridized carbons (Fsp3) is 0.412. The van der Waals surface area contributed by atoms with Crippen LogP contribution in [0.25, 0.3) is 0 Å². The van der Waals surface area contributed by atoms with E-state index < -0.39 is 10.0 Å². The maximum absolute atomic E-state index is 12.4. The lowest BCUT2D eigenvalue weighted by atomic mass is 10.3. The van der Waals surface area contributed by atoms with E-state index in [1.54, 1.807) is 30.6 Å². The van der Waals surface area contributed by atoms with Crippen LogP contribution in [0.5, 0.6) is 0 Å². The van der Waals surface area contributed by atoms with Gasteiger partial charge in [-0.25, -0.2) is 23.1 Å². The summed E-state index contributed by atoms with van der Waals surface area (Å²) in [6, 6.07) is 6.38. The highest BCUT2D eigenvalue weighted by atomic mass is 35.5. The Morgan fingerprint density at radius 1 is 1.04 bits per heavy atom. The molecule has 0 unspecified atom stereocenters. The van der Waals surface area contributed by atoms with Crippen molar-refractivity contribution in [3.8, 4) is 0 Å². The molecule has 1 fully saturated rings. The number of benzene rings is 1. The molecule has 2 heterocycles. The van der Waals surface area contributed by atoms with E-state index in [2.05, 4.69) is 24.5 Å². The number of halogens is 2. The Balaban J connectivity index is 1.42. The third-order valence-electron chi connectivity index (χ3n) is 4.36. The molecule has 0 bridgehead atoms. The Hall–Kier alpha value is -1.45. The Morgan fingerprint density at radius 2 is 1.74 bits per heavy atom. The summed E-state index contributed by atoms with van der Waals surface area (Å²) in [4.78, 5) is 13.0. The number of nitrogens with zero attached hydrogens (tertiary/aromatic N) is 4. The number of rotatable bonds is 7. The Kier molecular flexibility index (Phi) is 6.88. The van der Waals surface area contributed by atoms with Gasteiger partial charge in [0.15, 0.2) is 0 Å². The van der Waals surface area contributed by atoms with Crippen LogP contribution in [0.2, 0.25) is 10.0 Å². The molecule has 27 heavy (non-hydrogen) atoms. The van der Waals surface area contributed by atoms with E-state index in [4.69, 9.17) is 23.2 Å². The molecule has 0 saturated carbocycles. The minimum atomic E-state index is -3.67. The third-order valence-corrected chi connectivity index (χ3v) is 6.79. The maximum atomic E-state index is 12.4. The molecular weight excluding hydrogens is 409 g/mol. The molecule has 0 radical (unpaired) electrons. The van der Waals surface area contributed by atoms with Crippen LogP contribution in [0.4, 0.5) is 5.95 Å². The number of aromatic nitrogens is 2. The van der Waals surface area contributed by atoms with Crippen molar-refractivity contribution in [2.75, 3.05) is 44.2 Å². The zero-order chi connectivity index (χ0) is 19.3. The first-order chi connectivity index (χ1) is 13.0. The van der Waals surface area contributed by atoms with Crippen LogP contribution < -0.4 is 9.62 Å². The maximum Gasteiger partial charge on any atom is 0.242 e. The molecule has 1 N–H and O–H groups in total. The molecule has 1 aliphatic rings. The fourth-order valence-electron chi connectivity index (χ4n) is 2.90. The molecule has 0 aliphatic carbocycles. The van der Waals surface area contributed by atoms with Crippen LogP contribution in [0.3, 0.4) is 0 Å². The summed E-state index contributed by atoms with van der Waals surface area (Å²) in [6.45, 7) is 4.65. The number of piperazine rings is 1. The second-order valence-electron chi connectivity index (χ2n) is 6.18. The summed E-state index contributed by atoms with van der Waals surface area (Å²) in [5.74, 6) is 0.753. The van der Waals surface area contributed by atoms with Gasteiger partial charge in [-0.2, -0.15) is 0 Å². The van der Waals surface area contributed by atoms with E-state index in [-0.39, 0.29) is 14.9 Å². The predicted molar refractivity (Wildman–Crippen MR) is 107 cm³/mol. The summed E-state index contributed by atoms with van der Waals surface area (Å²) >= 11 is 11.9. The van der Waals surface area contributed by atoms with Crippen LogP contribution in [0, 0.1) is 0 Å². The van der Waals surface area contributed by atoms with Crippen LogP contribution in [0.1, 0.15) is 6.42 Å². The minimum Gasteiger partial charge on any atom is -0.338 e. The molecule has 0 spiro atoms. The van der Waals surface area contributed by atoms with Crippen molar-refractivity contribution < 1.29 is 8.42 Å². The van der Waals surface area contributed by atoms with Gasteiger partial charge in [0, 0.05) is 45.1 Å². The lowest BCUT2D eigenvalue weighted by Gasteiger charge is -2.34. The van der Waals surface area contributed by atoms with Crippen LogP contribution in [-0.2, 0) is 10.0 Å². The average molecular weight is 430 g/mol. The minimum absolute atomic E-state index is 0.00754. The van der Waals surface area contributed by atoms with Gasteiger partial charge in [-0.3, -0.25) is 4.90 Å². The highest BCUT2D eigenvalue weighted by Gasteiger charge is 2.20. The van der Waals surface area contributed by atoms with Gasteiger partial charge in [-0.1, -0.05) is 29.3 Å².